The third-order valence-electron chi connectivity index (χ3n) is 3.39. The summed E-state index contributed by atoms with van der Waals surface area (Å²) in [4.78, 5) is 16.0. The summed E-state index contributed by atoms with van der Waals surface area (Å²) in [5.41, 5.74) is 1.42. The molecule has 98 valence electrons. The van der Waals surface area contributed by atoms with Gasteiger partial charge in [-0.3, -0.25) is 4.79 Å². The molecule has 0 aromatic rings. The molecule has 1 aliphatic rings. The van der Waals surface area contributed by atoms with Crippen molar-refractivity contribution in [2.24, 2.45) is 5.92 Å². The standard InChI is InChI=1S/C14H26N2O/c1-5-6-14(11-15(3)4)16-9-7-13(8-10-16)12(2)17/h6,13H,5,7-11H2,1-4H3. The Hall–Kier alpha value is -0.830. The second-order valence-corrected chi connectivity index (χ2v) is 5.21. The summed E-state index contributed by atoms with van der Waals surface area (Å²) in [5.74, 6) is 0.659. The van der Waals surface area contributed by atoms with Crippen molar-refractivity contribution >= 4 is 5.78 Å². The fourth-order valence-corrected chi connectivity index (χ4v) is 2.43. The number of likely N-dealkylation sites (N-methyl/N-ethyl adjacent to an activating group) is 1. The molecule has 1 heterocycles. The maximum atomic E-state index is 11.3. The fraction of sp³-hybridized carbons (Fsp3) is 0.786. The maximum absolute atomic E-state index is 11.3. The third kappa shape index (κ3) is 4.50. The lowest BCUT2D eigenvalue weighted by molar-refractivity contribution is -0.121. The van der Waals surface area contributed by atoms with E-state index in [4.69, 9.17) is 0 Å². The lowest BCUT2D eigenvalue weighted by Crippen LogP contribution is -2.38. The third-order valence-corrected chi connectivity index (χ3v) is 3.39. The minimum atomic E-state index is 0.300. The van der Waals surface area contributed by atoms with Crippen LogP contribution in [-0.4, -0.2) is 49.3 Å². The zero-order valence-electron chi connectivity index (χ0n) is 11.7. The van der Waals surface area contributed by atoms with Gasteiger partial charge in [0.15, 0.2) is 0 Å². The van der Waals surface area contributed by atoms with Crippen molar-refractivity contribution in [2.75, 3.05) is 33.7 Å². The second kappa shape index (κ2) is 6.80. The number of carbonyl (C=O) groups excluding carboxylic acids is 1. The molecular weight excluding hydrogens is 212 g/mol. The zero-order valence-corrected chi connectivity index (χ0v) is 11.7. The van der Waals surface area contributed by atoms with Gasteiger partial charge in [-0.25, -0.2) is 0 Å². The summed E-state index contributed by atoms with van der Waals surface area (Å²) in [6.45, 7) is 6.97. The van der Waals surface area contributed by atoms with Crippen LogP contribution in [0.3, 0.4) is 0 Å². The van der Waals surface area contributed by atoms with Crippen LogP contribution < -0.4 is 0 Å². The molecule has 0 saturated carbocycles. The van der Waals surface area contributed by atoms with Crippen molar-refractivity contribution in [1.82, 2.24) is 9.80 Å². The van der Waals surface area contributed by atoms with Gasteiger partial charge in [-0.05, 0) is 40.3 Å². The lowest BCUT2D eigenvalue weighted by Gasteiger charge is -2.35. The van der Waals surface area contributed by atoms with Crippen LogP contribution in [0.4, 0.5) is 0 Å². The van der Waals surface area contributed by atoms with Crippen LogP contribution in [0.15, 0.2) is 11.8 Å². The Bertz CT molecular complexity index is 276. The van der Waals surface area contributed by atoms with E-state index in [0.29, 0.717) is 11.7 Å². The van der Waals surface area contributed by atoms with Gasteiger partial charge in [0, 0.05) is 31.2 Å². The zero-order chi connectivity index (χ0) is 12.8. The maximum Gasteiger partial charge on any atom is 0.133 e. The SMILES string of the molecule is CCC=C(CN(C)C)N1CCC(C(C)=O)CC1. The highest BCUT2D eigenvalue weighted by Crippen LogP contribution is 2.21. The summed E-state index contributed by atoms with van der Waals surface area (Å²) >= 11 is 0. The Morgan fingerprint density at radius 3 is 2.35 bits per heavy atom. The van der Waals surface area contributed by atoms with E-state index in [1.807, 2.05) is 0 Å². The van der Waals surface area contributed by atoms with Crippen molar-refractivity contribution in [3.8, 4) is 0 Å². The van der Waals surface area contributed by atoms with E-state index >= 15 is 0 Å². The molecule has 1 rings (SSSR count). The second-order valence-electron chi connectivity index (χ2n) is 5.21. The van der Waals surface area contributed by atoms with E-state index < -0.39 is 0 Å². The average molecular weight is 238 g/mol. The van der Waals surface area contributed by atoms with Crippen LogP contribution in [0.2, 0.25) is 0 Å². The Kier molecular flexibility index (Phi) is 5.69. The topological polar surface area (TPSA) is 23.6 Å². The van der Waals surface area contributed by atoms with Gasteiger partial charge >= 0.3 is 0 Å². The highest BCUT2D eigenvalue weighted by Gasteiger charge is 2.23. The van der Waals surface area contributed by atoms with E-state index in [2.05, 4.69) is 36.9 Å². The number of likely N-dealkylation sites (tertiary alicyclic amines) is 1. The Morgan fingerprint density at radius 2 is 1.94 bits per heavy atom. The van der Waals surface area contributed by atoms with Crippen LogP contribution in [-0.2, 0) is 4.79 Å². The molecule has 0 aliphatic carbocycles. The molecule has 1 aliphatic heterocycles. The lowest BCUT2D eigenvalue weighted by atomic mass is 9.93. The van der Waals surface area contributed by atoms with Gasteiger partial charge in [-0.15, -0.1) is 0 Å². The highest BCUT2D eigenvalue weighted by molar-refractivity contribution is 5.78. The largest absolute Gasteiger partial charge is 0.374 e. The summed E-state index contributed by atoms with van der Waals surface area (Å²) in [7, 11) is 4.21. The first-order valence-electron chi connectivity index (χ1n) is 6.63. The van der Waals surface area contributed by atoms with Crippen molar-refractivity contribution < 1.29 is 4.79 Å². The Morgan fingerprint density at radius 1 is 1.35 bits per heavy atom. The monoisotopic (exact) mass is 238 g/mol. The first kappa shape index (κ1) is 14.2. The van der Waals surface area contributed by atoms with Gasteiger partial charge in [0.25, 0.3) is 0 Å². The van der Waals surface area contributed by atoms with Crippen LogP contribution in [0.1, 0.15) is 33.1 Å². The molecule has 0 amide bonds. The number of nitrogens with zero attached hydrogens (tertiary/aromatic N) is 2. The predicted molar refractivity (Wildman–Crippen MR) is 71.9 cm³/mol. The summed E-state index contributed by atoms with van der Waals surface area (Å²) < 4.78 is 0. The van der Waals surface area contributed by atoms with Gasteiger partial charge in [-0.2, -0.15) is 0 Å². The van der Waals surface area contributed by atoms with Crippen LogP contribution in [0, 0.1) is 5.92 Å². The van der Waals surface area contributed by atoms with E-state index in [1.54, 1.807) is 6.92 Å². The number of Topliss-reactive ketones (excluding diaryl/α,β-unsaturated/α-hetero) is 1. The number of hydrogen-bond donors (Lipinski definition) is 0. The van der Waals surface area contributed by atoms with Gasteiger partial charge < -0.3 is 9.80 Å². The summed E-state index contributed by atoms with van der Waals surface area (Å²) in [6, 6.07) is 0. The molecule has 1 fully saturated rings. The highest BCUT2D eigenvalue weighted by atomic mass is 16.1. The van der Waals surface area contributed by atoms with E-state index in [1.165, 1.54) is 5.70 Å². The molecular formula is C14H26N2O. The molecule has 1 saturated heterocycles. The molecule has 3 nitrogen and oxygen atoms in total. The quantitative estimate of drug-likeness (QED) is 0.733. The van der Waals surface area contributed by atoms with Gasteiger partial charge in [0.05, 0.1) is 0 Å². The molecule has 0 spiro atoms. The minimum Gasteiger partial charge on any atom is -0.374 e. The molecule has 0 bridgehead atoms. The van der Waals surface area contributed by atoms with Crippen molar-refractivity contribution in [3.63, 3.8) is 0 Å². The van der Waals surface area contributed by atoms with Gasteiger partial charge in [0.1, 0.15) is 5.78 Å². The first-order chi connectivity index (χ1) is 8.04. The average Bonchev–Trinajstić information content (AvgIpc) is 2.28. The molecule has 0 aromatic carbocycles. The summed E-state index contributed by atoms with van der Waals surface area (Å²) in [5, 5.41) is 0. The molecule has 0 radical (unpaired) electrons. The molecule has 0 unspecified atom stereocenters. The van der Waals surface area contributed by atoms with Gasteiger partial charge in [-0.1, -0.05) is 13.0 Å². The van der Waals surface area contributed by atoms with Crippen LogP contribution in [0.5, 0.6) is 0 Å². The number of hydrogen-bond acceptors (Lipinski definition) is 3. The molecule has 17 heavy (non-hydrogen) atoms. The van der Waals surface area contributed by atoms with Gasteiger partial charge in [0.2, 0.25) is 0 Å². The number of allylic oxidation sites excluding steroid dienone is 1. The number of rotatable bonds is 5. The summed E-state index contributed by atoms with van der Waals surface area (Å²) in [6.07, 6.45) is 5.43. The van der Waals surface area contributed by atoms with E-state index in [9.17, 15) is 4.79 Å². The fourth-order valence-electron chi connectivity index (χ4n) is 2.43. The number of piperidine rings is 1. The molecule has 0 aromatic heterocycles. The van der Waals surface area contributed by atoms with Crippen molar-refractivity contribution in [3.05, 3.63) is 11.8 Å². The van der Waals surface area contributed by atoms with Crippen molar-refractivity contribution in [2.45, 2.75) is 33.1 Å². The van der Waals surface area contributed by atoms with E-state index in [0.717, 1.165) is 38.9 Å². The Labute approximate surface area is 105 Å². The smallest absolute Gasteiger partial charge is 0.133 e. The minimum absolute atomic E-state index is 0.300. The predicted octanol–water partition coefficient (Wildman–Crippen LogP) is 2.14. The molecule has 3 heteroatoms. The van der Waals surface area contributed by atoms with Crippen LogP contribution in [0.25, 0.3) is 0 Å². The molecule has 0 N–H and O–H groups in total. The molecule has 0 atom stereocenters. The van der Waals surface area contributed by atoms with Crippen LogP contribution >= 0.6 is 0 Å². The normalized spacial score (nSPS) is 18.9. The Balaban J connectivity index is 2.55. The number of carbonyl (C=O) groups is 1. The van der Waals surface area contributed by atoms with Crippen molar-refractivity contribution in [1.29, 1.82) is 0 Å². The number of ketones is 1. The first-order valence-corrected chi connectivity index (χ1v) is 6.63. The van der Waals surface area contributed by atoms with E-state index in [-0.39, 0.29) is 0 Å².